The van der Waals surface area contributed by atoms with E-state index in [0.717, 1.165) is 35.7 Å². The molecule has 1 aromatic carbocycles. The van der Waals surface area contributed by atoms with Gasteiger partial charge in [0.2, 0.25) is 0 Å². The van der Waals surface area contributed by atoms with Crippen molar-refractivity contribution >= 4 is 11.3 Å². The summed E-state index contributed by atoms with van der Waals surface area (Å²) >= 11 is 1.66. The van der Waals surface area contributed by atoms with Gasteiger partial charge in [0.15, 0.2) is 0 Å². The molecule has 0 saturated carbocycles. The fourth-order valence-corrected chi connectivity index (χ4v) is 3.43. The highest BCUT2D eigenvalue weighted by Gasteiger charge is 2.21. The summed E-state index contributed by atoms with van der Waals surface area (Å²) in [6.45, 7) is 1.58. The van der Waals surface area contributed by atoms with Gasteiger partial charge in [-0.15, -0.1) is 11.3 Å². The molecular weight excluding hydrogens is 284 g/mol. The van der Waals surface area contributed by atoms with Crippen LogP contribution in [0.2, 0.25) is 0 Å². The van der Waals surface area contributed by atoms with Gasteiger partial charge in [-0.1, -0.05) is 30.3 Å². The maximum atomic E-state index is 9.53. The first-order chi connectivity index (χ1) is 10.4. The predicted octanol–water partition coefficient (Wildman–Crippen LogP) is 2.82. The smallest absolute Gasteiger partial charge is 0.122 e. The molecule has 2 unspecified atom stereocenters. The third-order valence-corrected chi connectivity index (χ3v) is 4.67. The number of nitrogens with one attached hydrogen (secondary N) is 1. The van der Waals surface area contributed by atoms with Gasteiger partial charge in [0.05, 0.1) is 18.3 Å². The molecule has 0 amide bonds. The van der Waals surface area contributed by atoms with Crippen molar-refractivity contribution in [3.05, 3.63) is 52.0 Å². The van der Waals surface area contributed by atoms with Gasteiger partial charge in [0.25, 0.3) is 0 Å². The van der Waals surface area contributed by atoms with Crippen molar-refractivity contribution in [3.8, 4) is 0 Å². The average Bonchev–Trinajstić information content (AvgIpc) is 3.20. The summed E-state index contributed by atoms with van der Waals surface area (Å²) in [6, 6.07) is 9.93. The highest BCUT2D eigenvalue weighted by Crippen LogP contribution is 2.30. The summed E-state index contributed by atoms with van der Waals surface area (Å²) in [5.41, 5.74) is 2.11. The van der Waals surface area contributed by atoms with Crippen LogP contribution in [-0.2, 0) is 11.3 Å². The van der Waals surface area contributed by atoms with E-state index >= 15 is 0 Å². The van der Waals surface area contributed by atoms with E-state index < -0.39 is 0 Å². The molecule has 5 heteroatoms. The number of ether oxygens (including phenoxy) is 1. The molecule has 4 nitrogen and oxygen atoms in total. The van der Waals surface area contributed by atoms with Crippen LogP contribution in [0.15, 0.2) is 35.7 Å². The first-order valence-electron chi connectivity index (χ1n) is 7.32. The van der Waals surface area contributed by atoms with Crippen LogP contribution in [0.4, 0.5) is 0 Å². The molecule has 0 bridgehead atoms. The van der Waals surface area contributed by atoms with Gasteiger partial charge in [-0.2, -0.15) is 0 Å². The minimum absolute atomic E-state index is 0.0564. The molecule has 1 aliphatic heterocycles. The number of aliphatic hydroxyl groups excluding tert-OH is 1. The van der Waals surface area contributed by atoms with E-state index in [-0.39, 0.29) is 18.8 Å². The van der Waals surface area contributed by atoms with Gasteiger partial charge in [0, 0.05) is 18.5 Å². The lowest BCUT2D eigenvalue weighted by atomic mass is 10.1. The second-order valence-corrected chi connectivity index (χ2v) is 6.10. The average molecular weight is 304 g/mol. The number of hydrogen-bond acceptors (Lipinski definition) is 5. The van der Waals surface area contributed by atoms with Crippen molar-refractivity contribution in [1.82, 2.24) is 10.3 Å². The zero-order valence-electron chi connectivity index (χ0n) is 11.9. The van der Waals surface area contributed by atoms with E-state index in [1.807, 2.05) is 30.3 Å². The van der Waals surface area contributed by atoms with E-state index in [2.05, 4.69) is 15.7 Å². The van der Waals surface area contributed by atoms with Crippen molar-refractivity contribution in [2.45, 2.75) is 31.5 Å². The van der Waals surface area contributed by atoms with Crippen molar-refractivity contribution in [3.63, 3.8) is 0 Å². The summed E-state index contributed by atoms with van der Waals surface area (Å²) < 4.78 is 5.66. The first-order valence-corrected chi connectivity index (χ1v) is 8.20. The van der Waals surface area contributed by atoms with E-state index in [9.17, 15) is 5.11 Å². The van der Waals surface area contributed by atoms with Crippen LogP contribution in [0.3, 0.4) is 0 Å². The second kappa shape index (κ2) is 7.13. The number of aromatic nitrogens is 1. The predicted molar refractivity (Wildman–Crippen MR) is 83.1 cm³/mol. The van der Waals surface area contributed by atoms with Gasteiger partial charge in [-0.3, -0.25) is 0 Å². The monoisotopic (exact) mass is 304 g/mol. The normalized spacial score (nSPS) is 19.8. The van der Waals surface area contributed by atoms with E-state index in [1.165, 1.54) is 0 Å². The molecule has 1 aliphatic rings. The zero-order valence-corrected chi connectivity index (χ0v) is 12.7. The van der Waals surface area contributed by atoms with Crippen molar-refractivity contribution in [2.24, 2.45) is 0 Å². The molecule has 2 aromatic rings. The van der Waals surface area contributed by atoms with Crippen molar-refractivity contribution in [2.75, 3.05) is 13.2 Å². The molecule has 0 spiro atoms. The number of hydrogen-bond donors (Lipinski definition) is 2. The topological polar surface area (TPSA) is 54.4 Å². The summed E-state index contributed by atoms with van der Waals surface area (Å²) in [6.07, 6.45) is 2.38. The SMILES string of the molecule is OCC(NCc1csc(C2CCCO2)n1)c1ccccc1. The standard InChI is InChI=1S/C16H20N2O2S/c19-10-14(12-5-2-1-3-6-12)17-9-13-11-21-16(18-13)15-7-4-8-20-15/h1-3,5-6,11,14-15,17,19H,4,7-10H2. The minimum Gasteiger partial charge on any atom is -0.394 e. The lowest BCUT2D eigenvalue weighted by molar-refractivity contribution is 0.111. The lowest BCUT2D eigenvalue weighted by Crippen LogP contribution is -2.24. The van der Waals surface area contributed by atoms with Crippen LogP contribution in [0.5, 0.6) is 0 Å². The first kappa shape index (κ1) is 14.7. The number of rotatable bonds is 6. The molecule has 21 heavy (non-hydrogen) atoms. The van der Waals surface area contributed by atoms with E-state index in [0.29, 0.717) is 6.54 Å². The molecular formula is C16H20N2O2S. The van der Waals surface area contributed by atoms with Crippen LogP contribution in [-0.4, -0.2) is 23.3 Å². The Hall–Kier alpha value is -1.27. The molecule has 0 radical (unpaired) electrons. The van der Waals surface area contributed by atoms with E-state index in [1.54, 1.807) is 11.3 Å². The Morgan fingerprint density at radius 3 is 2.95 bits per heavy atom. The molecule has 1 fully saturated rings. The lowest BCUT2D eigenvalue weighted by Gasteiger charge is -2.15. The molecule has 2 N–H and O–H groups in total. The largest absolute Gasteiger partial charge is 0.394 e. The minimum atomic E-state index is -0.0564. The highest BCUT2D eigenvalue weighted by atomic mass is 32.1. The Bertz CT molecular complexity index is 552. The molecule has 1 aromatic heterocycles. The fraction of sp³-hybridized carbons (Fsp3) is 0.438. The third-order valence-electron chi connectivity index (χ3n) is 3.69. The Kier molecular flexibility index (Phi) is 4.98. The summed E-state index contributed by atoms with van der Waals surface area (Å²) in [5.74, 6) is 0. The fourth-order valence-electron chi connectivity index (χ4n) is 2.53. The van der Waals surface area contributed by atoms with Gasteiger partial charge in [-0.05, 0) is 18.4 Å². The quantitative estimate of drug-likeness (QED) is 0.861. The number of thiazole rings is 1. The van der Waals surface area contributed by atoms with Gasteiger partial charge in [-0.25, -0.2) is 4.98 Å². The Morgan fingerprint density at radius 1 is 1.38 bits per heavy atom. The summed E-state index contributed by atoms with van der Waals surface area (Å²) in [4.78, 5) is 4.64. The molecule has 2 heterocycles. The van der Waals surface area contributed by atoms with Crippen LogP contribution in [0.25, 0.3) is 0 Å². The molecule has 3 rings (SSSR count). The van der Waals surface area contributed by atoms with Crippen LogP contribution < -0.4 is 5.32 Å². The Morgan fingerprint density at radius 2 is 2.24 bits per heavy atom. The Balaban J connectivity index is 1.59. The maximum absolute atomic E-state index is 9.53. The summed E-state index contributed by atoms with van der Waals surface area (Å²) in [5, 5.41) is 16.0. The number of benzene rings is 1. The van der Waals surface area contributed by atoms with Crippen LogP contribution in [0, 0.1) is 0 Å². The van der Waals surface area contributed by atoms with Crippen molar-refractivity contribution in [1.29, 1.82) is 0 Å². The maximum Gasteiger partial charge on any atom is 0.122 e. The number of aliphatic hydroxyl groups is 1. The molecule has 1 saturated heterocycles. The molecule has 112 valence electrons. The second-order valence-electron chi connectivity index (χ2n) is 5.21. The molecule has 2 atom stereocenters. The van der Waals surface area contributed by atoms with Crippen LogP contribution in [0.1, 0.15) is 41.3 Å². The van der Waals surface area contributed by atoms with E-state index in [4.69, 9.17) is 4.74 Å². The van der Waals surface area contributed by atoms with Crippen LogP contribution >= 0.6 is 11.3 Å². The van der Waals surface area contributed by atoms with Crippen molar-refractivity contribution < 1.29 is 9.84 Å². The zero-order chi connectivity index (χ0) is 14.5. The Labute approximate surface area is 128 Å². The highest BCUT2D eigenvalue weighted by molar-refractivity contribution is 7.09. The third kappa shape index (κ3) is 3.68. The van der Waals surface area contributed by atoms with Gasteiger partial charge >= 0.3 is 0 Å². The van der Waals surface area contributed by atoms with Gasteiger partial charge in [0.1, 0.15) is 11.1 Å². The summed E-state index contributed by atoms with van der Waals surface area (Å²) in [7, 11) is 0. The number of nitrogens with zero attached hydrogens (tertiary/aromatic N) is 1. The molecule has 0 aliphatic carbocycles. The van der Waals surface area contributed by atoms with Gasteiger partial charge < -0.3 is 15.2 Å².